The van der Waals surface area contributed by atoms with Crippen LogP contribution in [-0.2, 0) is 29.5 Å². The Morgan fingerprint density at radius 3 is 2.17 bits per heavy atom. The van der Waals surface area contributed by atoms with E-state index < -0.39 is 21.8 Å². The van der Waals surface area contributed by atoms with Crippen molar-refractivity contribution in [1.82, 2.24) is 9.21 Å². The van der Waals surface area contributed by atoms with Gasteiger partial charge in [-0.15, -0.1) is 23.7 Å². The topological polar surface area (TPSA) is 113 Å². The molecule has 2 heterocycles. The van der Waals surface area contributed by atoms with Crippen molar-refractivity contribution < 1.29 is 18.0 Å². The lowest BCUT2D eigenvalue weighted by atomic mass is 10.0. The molecule has 41 heavy (non-hydrogen) atoms. The normalized spacial score (nSPS) is 13.7. The summed E-state index contributed by atoms with van der Waals surface area (Å²) in [6, 6.07) is 16.1. The smallest absolute Gasteiger partial charge is 0.256 e. The molecular formula is C30H39ClN4O4S2. The molecule has 0 saturated heterocycles. The number of carbonyl (C=O) groups excluding carboxylic acids is 2. The van der Waals surface area contributed by atoms with Gasteiger partial charge in [0.05, 0.1) is 10.5 Å². The summed E-state index contributed by atoms with van der Waals surface area (Å²) < 4.78 is 28.1. The Balaban J connectivity index is 0.00000462. The Morgan fingerprint density at radius 2 is 1.61 bits per heavy atom. The summed E-state index contributed by atoms with van der Waals surface area (Å²) in [5.41, 5.74) is 8.53. The van der Waals surface area contributed by atoms with E-state index in [4.69, 9.17) is 5.73 Å². The summed E-state index contributed by atoms with van der Waals surface area (Å²) >= 11 is 1.37. The maximum Gasteiger partial charge on any atom is 0.256 e. The second-order valence-electron chi connectivity index (χ2n) is 11.1. The van der Waals surface area contributed by atoms with E-state index >= 15 is 0 Å². The number of primary amides is 1. The number of amides is 2. The number of anilines is 1. The number of nitrogens with one attached hydrogen (secondary N) is 1. The van der Waals surface area contributed by atoms with Gasteiger partial charge >= 0.3 is 0 Å². The summed E-state index contributed by atoms with van der Waals surface area (Å²) in [6.07, 6.45) is 0.669. The third-order valence-corrected chi connectivity index (χ3v) is 9.73. The number of rotatable bonds is 11. The first-order valence-electron chi connectivity index (χ1n) is 13.6. The van der Waals surface area contributed by atoms with Gasteiger partial charge in [-0.05, 0) is 53.6 Å². The maximum absolute atomic E-state index is 13.3. The number of thiophene rings is 1. The van der Waals surface area contributed by atoms with Crippen LogP contribution in [0.1, 0.15) is 64.4 Å². The van der Waals surface area contributed by atoms with E-state index in [1.165, 1.54) is 45.5 Å². The van der Waals surface area contributed by atoms with Crippen LogP contribution in [0.4, 0.5) is 5.00 Å². The highest BCUT2D eigenvalue weighted by molar-refractivity contribution is 7.89. The molecule has 0 unspecified atom stereocenters. The first-order chi connectivity index (χ1) is 19.0. The highest BCUT2D eigenvalue weighted by Gasteiger charge is 2.29. The first kappa shape index (κ1) is 32.8. The van der Waals surface area contributed by atoms with Crippen molar-refractivity contribution in [2.75, 3.05) is 25.0 Å². The minimum atomic E-state index is -3.70. The van der Waals surface area contributed by atoms with E-state index in [0.29, 0.717) is 42.2 Å². The standard InChI is InChI=1S/C30H38N4O4S2.ClH/c1-20(2)16-34(17-21(3)4)40(37,38)24-12-10-23(11-13-24)29(36)32-30-27(28(31)35)25-14-15-33(19-26(25)39-30)18-22-8-6-5-7-9-22;/h5-13,20-21H,14-19H2,1-4H3,(H2,31,35)(H,32,36);1H. The van der Waals surface area contributed by atoms with E-state index in [1.54, 1.807) is 0 Å². The summed E-state index contributed by atoms with van der Waals surface area (Å²) in [7, 11) is -3.70. The fourth-order valence-corrected chi connectivity index (χ4v) is 8.03. The van der Waals surface area contributed by atoms with Crippen LogP contribution in [-0.4, -0.2) is 49.1 Å². The van der Waals surface area contributed by atoms with Crippen molar-refractivity contribution in [3.63, 3.8) is 0 Å². The Labute approximate surface area is 253 Å². The molecule has 0 bridgehead atoms. The van der Waals surface area contributed by atoms with Crippen LogP contribution in [0.15, 0.2) is 59.5 Å². The van der Waals surface area contributed by atoms with E-state index in [1.807, 2.05) is 45.9 Å². The van der Waals surface area contributed by atoms with Crippen molar-refractivity contribution in [3.05, 3.63) is 81.7 Å². The van der Waals surface area contributed by atoms with Gasteiger partial charge in [-0.3, -0.25) is 14.5 Å². The largest absolute Gasteiger partial charge is 0.365 e. The SMILES string of the molecule is CC(C)CN(CC(C)C)S(=O)(=O)c1ccc(C(=O)Nc2sc3c(c2C(N)=O)CCN(Cc2ccccc2)C3)cc1.Cl. The highest BCUT2D eigenvalue weighted by Crippen LogP contribution is 2.37. The molecule has 0 saturated carbocycles. The number of benzene rings is 2. The third-order valence-electron chi connectivity index (χ3n) is 6.75. The zero-order valence-electron chi connectivity index (χ0n) is 23.9. The van der Waals surface area contributed by atoms with Crippen LogP contribution in [0.2, 0.25) is 0 Å². The number of nitrogens with two attached hydrogens (primary N) is 1. The molecule has 8 nitrogen and oxygen atoms in total. The average molecular weight is 619 g/mol. The predicted molar refractivity (Wildman–Crippen MR) is 167 cm³/mol. The Kier molecular flexibility index (Phi) is 11.1. The summed E-state index contributed by atoms with van der Waals surface area (Å²) in [6.45, 7) is 11.0. The van der Waals surface area contributed by atoms with Gasteiger partial charge in [0, 0.05) is 43.2 Å². The van der Waals surface area contributed by atoms with Crippen molar-refractivity contribution in [3.8, 4) is 0 Å². The van der Waals surface area contributed by atoms with Gasteiger partial charge in [0.25, 0.3) is 11.8 Å². The van der Waals surface area contributed by atoms with Gasteiger partial charge in [-0.25, -0.2) is 8.42 Å². The van der Waals surface area contributed by atoms with Gasteiger partial charge in [-0.1, -0.05) is 58.0 Å². The van der Waals surface area contributed by atoms with Crippen LogP contribution >= 0.6 is 23.7 Å². The van der Waals surface area contributed by atoms with Gasteiger partial charge in [0.1, 0.15) is 5.00 Å². The molecule has 0 atom stereocenters. The summed E-state index contributed by atoms with van der Waals surface area (Å²) in [4.78, 5) is 29.1. The summed E-state index contributed by atoms with van der Waals surface area (Å²) in [5, 5.41) is 3.29. The highest BCUT2D eigenvalue weighted by atomic mass is 35.5. The quantitative estimate of drug-likeness (QED) is 0.300. The molecule has 1 aliphatic heterocycles. The second kappa shape index (κ2) is 13.9. The number of halogens is 1. The molecule has 2 aromatic carbocycles. The van der Waals surface area contributed by atoms with E-state index in [2.05, 4.69) is 22.3 Å². The molecule has 0 fully saturated rings. The van der Waals surface area contributed by atoms with E-state index in [0.717, 1.165) is 23.5 Å². The number of hydrogen-bond acceptors (Lipinski definition) is 6. The van der Waals surface area contributed by atoms with Crippen molar-refractivity contribution in [2.45, 2.75) is 52.1 Å². The zero-order chi connectivity index (χ0) is 29.0. The first-order valence-corrected chi connectivity index (χ1v) is 15.8. The number of sulfonamides is 1. The van der Waals surface area contributed by atoms with Crippen LogP contribution < -0.4 is 11.1 Å². The number of hydrogen-bond donors (Lipinski definition) is 2. The van der Waals surface area contributed by atoms with E-state index in [9.17, 15) is 18.0 Å². The minimum Gasteiger partial charge on any atom is -0.365 e. The molecule has 2 amide bonds. The molecule has 3 aromatic rings. The molecule has 1 aliphatic rings. The molecule has 11 heteroatoms. The van der Waals surface area contributed by atoms with Crippen LogP contribution in [0.5, 0.6) is 0 Å². The lowest BCUT2D eigenvalue weighted by Gasteiger charge is -2.27. The lowest BCUT2D eigenvalue weighted by Crippen LogP contribution is -2.37. The summed E-state index contributed by atoms with van der Waals surface area (Å²) in [5.74, 6) is -0.631. The average Bonchev–Trinajstić information content (AvgIpc) is 3.25. The number of fused-ring (bicyclic) bond motifs is 1. The van der Waals surface area contributed by atoms with Crippen molar-refractivity contribution in [1.29, 1.82) is 0 Å². The predicted octanol–water partition coefficient (Wildman–Crippen LogP) is 5.38. The fourth-order valence-electron chi connectivity index (χ4n) is 4.97. The second-order valence-corrected chi connectivity index (χ2v) is 14.1. The lowest BCUT2D eigenvalue weighted by molar-refractivity contribution is 0.0999. The van der Waals surface area contributed by atoms with Crippen molar-refractivity contribution >= 4 is 50.6 Å². The van der Waals surface area contributed by atoms with Gasteiger partial charge in [0.15, 0.2) is 0 Å². The number of nitrogens with zero attached hydrogens (tertiary/aromatic N) is 2. The molecule has 0 aliphatic carbocycles. The van der Waals surface area contributed by atoms with Gasteiger partial charge in [-0.2, -0.15) is 4.31 Å². The third kappa shape index (κ3) is 7.96. The van der Waals surface area contributed by atoms with E-state index in [-0.39, 0.29) is 29.1 Å². The van der Waals surface area contributed by atoms with Crippen molar-refractivity contribution in [2.24, 2.45) is 17.6 Å². The van der Waals surface area contributed by atoms with Crippen LogP contribution in [0.25, 0.3) is 0 Å². The zero-order valence-corrected chi connectivity index (χ0v) is 26.4. The van der Waals surface area contributed by atoms with Crippen LogP contribution in [0, 0.1) is 11.8 Å². The maximum atomic E-state index is 13.3. The Morgan fingerprint density at radius 1 is 1.00 bits per heavy atom. The minimum absolute atomic E-state index is 0. The molecular weight excluding hydrogens is 580 g/mol. The molecule has 0 radical (unpaired) electrons. The number of carbonyl (C=O) groups is 2. The van der Waals surface area contributed by atoms with Gasteiger partial charge < -0.3 is 11.1 Å². The molecule has 1 aromatic heterocycles. The van der Waals surface area contributed by atoms with Crippen LogP contribution in [0.3, 0.4) is 0 Å². The molecule has 4 rings (SSSR count). The monoisotopic (exact) mass is 618 g/mol. The molecule has 0 spiro atoms. The fraction of sp³-hybridized carbons (Fsp3) is 0.400. The van der Waals surface area contributed by atoms with Gasteiger partial charge in [0.2, 0.25) is 10.0 Å². The Hall–Kier alpha value is -2.76. The Bertz CT molecular complexity index is 1450. The molecule has 3 N–H and O–H groups in total. The molecule has 222 valence electrons.